The zero-order chi connectivity index (χ0) is 24.1. The van der Waals surface area contributed by atoms with Crippen molar-refractivity contribution in [1.29, 1.82) is 5.26 Å². The molecule has 0 bridgehead atoms. The first-order valence-corrected chi connectivity index (χ1v) is 11.8. The maximum atomic E-state index is 12.8. The number of aromatic nitrogens is 1. The molecule has 0 fully saturated rings. The van der Waals surface area contributed by atoms with Crippen LogP contribution in [0.15, 0.2) is 45.6 Å². The van der Waals surface area contributed by atoms with Crippen LogP contribution < -0.4 is 10.6 Å². The molecule has 2 N–H and O–H groups in total. The van der Waals surface area contributed by atoms with Crippen LogP contribution in [0, 0.1) is 18.3 Å². The summed E-state index contributed by atoms with van der Waals surface area (Å²) >= 11 is 14.0. The Balaban J connectivity index is 2.09. The molecule has 3 rings (SSSR count). The van der Waals surface area contributed by atoms with Gasteiger partial charge in [0.15, 0.2) is 5.17 Å². The molecule has 0 spiro atoms. The van der Waals surface area contributed by atoms with Crippen molar-refractivity contribution in [2.45, 2.75) is 38.4 Å². The zero-order valence-corrected chi connectivity index (χ0v) is 21.0. The highest BCUT2D eigenvalue weighted by Gasteiger charge is 2.32. The second-order valence-corrected chi connectivity index (χ2v) is 8.97. The number of carbonyl (C=O) groups is 1. The Labute approximate surface area is 207 Å². The van der Waals surface area contributed by atoms with E-state index in [9.17, 15) is 10.1 Å². The molecule has 10 heteroatoms. The number of aryl methyl sites for hydroxylation is 1. The second kappa shape index (κ2) is 11.0. The Bertz CT molecular complexity index is 1190. The van der Waals surface area contributed by atoms with E-state index in [1.807, 2.05) is 20.0 Å². The first kappa shape index (κ1) is 25.1. The van der Waals surface area contributed by atoms with Crippen molar-refractivity contribution in [3.63, 3.8) is 0 Å². The number of rotatable bonds is 6. The molecule has 0 saturated carbocycles. The summed E-state index contributed by atoms with van der Waals surface area (Å²) in [5, 5.41) is 17.7. The molecule has 33 heavy (non-hydrogen) atoms. The van der Waals surface area contributed by atoms with Crippen LogP contribution in [0.2, 0.25) is 10.0 Å². The van der Waals surface area contributed by atoms with Gasteiger partial charge >= 0.3 is 5.97 Å². The van der Waals surface area contributed by atoms with Crippen molar-refractivity contribution < 1.29 is 9.53 Å². The van der Waals surface area contributed by atoms with Gasteiger partial charge in [0.2, 0.25) is 0 Å². The van der Waals surface area contributed by atoms with Gasteiger partial charge in [0.05, 0.1) is 27.8 Å². The SMILES string of the molecule is CCOC(=O)C1=C(C)NC(Sc2nc(C)cc(CNC)c2C#N)=N[C@H]1c1cccc(Cl)c1Cl. The van der Waals surface area contributed by atoms with Gasteiger partial charge in [-0.3, -0.25) is 0 Å². The molecule has 1 atom stereocenters. The Morgan fingerprint density at radius 2 is 2.12 bits per heavy atom. The second-order valence-electron chi connectivity index (χ2n) is 7.21. The monoisotopic (exact) mass is 503 g/mol. The van der Waals surface area contributed by atoms with Crippen LogP contribution in [-0.2, 0) is 16.1 Å². The summed E-state index contributed by atoms with van der Waals surface area (Å²) in [4.78, 5) is 22.1. The third kappa shape index (κ3) is 5.50. The molecule has 172 valence electrons. The van der Waals surface area contributed by atoms with Crippen molar-refractivity contribution in [3.8, 4) is 6.07 Å². The minimum Gasteiger partial charge on any atom is -0.463 e. The molecule has 1 aromatic carbocycles. The molecule has 0 amide bonds. The number of esters is 1. The van der Waals surface area contributed by atoms with Crippen LogP contribution in [0.4, 0.5) is 0 Å². The van der Waals surface area contributed by atoms with Crippen LogP contribution in [0.3, 0.4) is 0 Å². The minimum atomic E-state index is -0.730. The smallest absolute Gasteiger partial charge is 0.338 e. The summed E-state index contributed by atoms with van der Waals surface area (Å²) in [7, 11) is 1.82. The average molecular weight is 504 g/mol. The van der Waals surface area contributed by atoms with Crippen molar-refractivity contribution in [2.75, 3.05) is 13.7 Å². The van der Waals surface area contributed by atoms with Crippen LogP contribution in [0.1, 0.15) is 42.3 Å². The Hall–Kier alpha value is -2.57. The lowest BCUT2D eigenvalue weighted by molar-refractivity contribution is -0.138. The molecule has 1 aromatic heterocycles. The van der Waals surface area contributed by atoms with E-state index in [1.54, 1.807) is 32.0 Å². The summed E-state index contributed by atoms with van der Waals surface area (Å²) in [5.41, 5.74) is 3.61. The summed E-state index contributed by atoms with van der Waals surface area (Å²) < 4.78 is 5.27. The van der Waals surface area contributed by atoms with Gasteiger partial charge in [-0.1, -0.05) is 35.3 Å². The standard InChI is InChI=1S/C23H23Cl2N5O2S/c1-5-32-22(31)18-13(3)29-23(30-20(18)15-7-6-8-17(24)19(15)25)33-21-16(10-26)14(11-27-4)9-12(2)28-21/h6-9,20,27H,5,11H2,1-4H3,(H,29,30)/t20-/m0/s1. The van der Waals surface area contributed by atoms with Gasteiger partial charge in [0.25, 0.3) is 0 Å². The lowest BCUT2D eigenvalue weighted by Crippen LogP contribution is -2.30. The van der Waals surface area contributed by atoms with Crippen LogP contribution in [0.25, 0.3) is 0 Å². The van der Waals surface area contributed by atoms with E-state index in [-0.39, 0.29) is 6.61 Å². The van der Waals surface area contributed by atoms with Crippen LogP contribution in [-0.4, -0.2) is 29.8 Å². The van der Waals surface area contributed by atoms with Crippen LogP contribution >= 0.6 is 35.0 Å². The number of amidine groups is 1. The van der Waals surface area contributed by atoms with E-state index in [0.717, 1.165) is 11.3 Å². The van der Waals surface area contributed by atoms with Crippen molar-refractivity contribution in [3.05, 3.63) is 68.0 Å². The van der Waals surface area contributed by atoms with Crippen molar-refractivity contribution in [1.82, 2.24) is 15.6 Å². The summed E-state index contributed by atoms with van der Waals surface area (Å²) in [5.74, 6) is -0.487. The van der Waals surface area contributed by atoms with Gasteiger partial charge < -0.3 is 15.4 Å². The fourth-order valence-electron chi connectivity index (χ4n) is 3.45. The number of halogens is 2. The van der Waals surface area contributed by atoms with Crippen LogP contribution in [0.5, 0.6) is 0 Å². The van der Waals surface area contributed by atoms with Gasteiger partial charge in [-0.15, -0.1) is 0 Å². The molecule has 2 aromatic rings. The molecule has 0 saturated heterocycles. The number of aliphatic imine (C=N–C) groups is 1. The predicted octanol–water partition coefficient (Wildman–Crippen LogP) is 4.92. The molecule has 1 aliphatic heterocycles. The van der Waals surface area contributed by atoms with Gasteiger partial charge in [0, 0.05) is 23.5 Å². The molecule has 7 nitrogen and oxygen atoms in total. The average Bonchev–Trinajstić information content (AvgIpc) is 2.75. The number of nitrogens with one attached hydrogen (secondary N) is 2. The van der Waals surface area contributed by atoms with Gasteiger partial charge in [-0.25, -0.2) is 14.8 Å². The highest BCUT2D eigenvalue weighted by molar-refractivity contribution is 8.13. The number of carbonyl (C=O) groups excluding carboxylic acids is 1. The predicted molar refractivity (Wildman–Crippen MR) is 131 cm³/mol. The van der Waals surface area contributed by atoms with E-state index >= 15 is 0 Å². The first-order valence-electron chi connectivity index (χ1n) is 10.2. The summed E-state index contributed by atoms with van der Waals surface area (Å²) in [6.45, 7) is 6.15. The van der Waals surface area contributed by atoms with Crippen molar-refractivity contribution in [2.24, 2.45) is 4.99 Å². The fourth-order valence-corrected chi connectivity index (χ4v) is 4.88. The van der Waals surface area contributed by atoms with E-state index in [4.69, 9.17) is 32.9 Å². The molecular formula is C23H23Cl2N5O2S. The topological polar surface area (TPSA) is 99.4 Å². The summed E-state index contributed by atoms with van der Waals surface area (Å²) in [6, 6.07) is 8.61. The number of nitrogens with zero attached hydrogens (tertiary/aromatic N) is 3. The molecule has 1 aliphatic rings. The highest BCUT2D eigenvalue weighted by atomic mass is 35.5. The quantitative estimate of drug-likeness (QED) is 0.539. The van der Waals surface area contributed by atoms with E-state index in [0.29, 0.717) is 49.2 Å². The number of ether oxygens (including phenoxy) is 1. The molecule has 0 radical (unpaired) electrons. The van der Waals surface area contributed by atoms with Gasteiger partial charge in [0.1, 0.15) is 17.1 Å². The lowest BCUT2D eigenvalue weighted by Gasteiger charge is -2.26. The number of nitriles is 1. The van der Waals surface area contributed by atoms with Gasteiger partial charge in [-0.05, 0) is 57.3 Å². The van der Waals surface area contributed by atoms with E-state index < -0.39 is 12.0 Å². The third-order valence-corrected chi connectivity index (χ3v) is 6.58. The first-order chi connectivity index (χ1) is 15.8. The molecule has 0 aliphatic carbocycles. The van der Waals surface area contributed by atoms with Gasteiger partial charge in [-0.2, -0.15) is 5.26 Å². The number of allylic oxidation sites excluding steroid dienone is 1. The zero-order valence-electron chi connectivity index (χ0n) is 18.6. The normalized spacial score (nSPS) is 15.5. The summed E-state index contributed by atoms with van der Waals surface area (Å²) in [6.07, 6.45) is 0. The Morgan fingerprint density at radius 3 is 2.79 bits per heavy atom. The Kier molecular flexibility index (Phi) is 8.38. The molecular weight excluding hydrogens is 481 g/mol. The number of pyridine rings is 1. The van der Waals surface area contributed by atoms with E-state index in [2.05, 4.69) is 21.7 Å². The number of hydrogen-bond donors (Lipinski definition) is 2. The van der Waals surface area contributed by atoms with E-state index in [1.165, 1.54) is 11.8 Å². The molecule has 2 heterocycles. The molecule has 0 unspecified atom stereocenters. The highest BCUT2D eigenvalue weighted by Crippen LogP contribution is 2.39. The minimum absolute atomic E-state index is 0.226. The maximum Gasteiger partial charge on any atom is 0.338 e. The number of hydrogen-bond acceptors (Lipinski definition) is 8. The Morgan fingerprint density at radius 1 is 1.36 bits per heavy atom. The number of thioether (sulfide) groups is 1. The van der Waals surface area contributed by atoms with Crippen molar-refractivity contribution >= 4 is 46.1 Å². The lowest BCUT2D eigenvalue weighted by atomic mass is 9.96. The maximum absolute atomic E-state index is 12.8. The number of benzene rings is 1. The third-order valence-electron chi connectivity index (χ3n) is 4.86. The largest absolute Gasteiger partial charge is 0.463 e. The fraction of sp³-hybridized carbons (Fsp3) is 0.304.